The van der Waals surface area contributed by atoms with Crippen molar-refractivity contribution in [3.05, 3.63) is 65.9 Å². The molecule has 0 saturated heterocycles. The highest BCUT2D eigenvalue weighted by atomic mass is 19.1. The van der Waals surface area contributed by atoms with Gasteiger partial charge in [0.1, 0.15) is 11.6 Å². The van der Waals surface area contributed by atoms with E-state index in [-0.39, 0.29) is 11.9 Å². The van der Waals surface area contributed by atoms with E-state index in [1.54, 1.807) is 19.1 Å². The van der Waals surface area contributed by atoms with Crippen molar-refractivity contribution >= 4 is 18.0 Å². The normalized spacial score (nSPS) is 12.1. The molecular formula is C17H16FNO4. The smallest absolute Gasteiger partial charge is 0.331 e. The van der Waals surface area contributed by atoms with Crippen LogP contribution in [0, 0.1) is 5.82 Å². The Morgan fingerprint density at radius 1 is 1.30 bits per heavy atom. The molecule has 120 valence electrons. The van der Waals surface area contributed by atoms with Crippen LogP contribution in [-0.4, -0.2) is 18.5 Å². The number of carbonyl (C=O) groups is 2. The molecule has 0 aliphatic rings. The molecule has 1 amide bonds. The fourth-order valence-corrected chi connectivity index (χ4v) is 1.81. The van der Waals surface area contributed by atoms with Crippen LogP contribution >= 0.6 is 0 Å². The number of esters is 1. The number of hydrogen-bond acceptors (Lipinski definition) is 4. The second kappa shape index (κ2) is 7.93. The quantitative estimate of drug-likeness (QED) is 0.657. The second-order valence-electron chi connectivity index (χ2n) is 4.80. The molecule has 0 aliphatic carbocycles. The molecule has 1 heterocycles. The van der Waals surface area contributed by atoms with E-state index in [0.29, 0.717) is 11.3 Å². The molecule has 2 rings (SSSR count). The first-order valence-electron chi connectivity index (χ1n) is 6.98. The standard InChI is InChI=1S/C17H16FNO4/c1-12(15-3-2-10-22-15)19-16(20)11-23-17(21)9-6-13-4-7-14(18)8-5-13/h2-10,12H,11H2,1H3,(H,19,20)/b9-6+/t12-/m1/s1. The van der Waals surface area contributed by atoms with Gasteiger partial charge in [-0.25, -0.2) is 9.18 Å². The number of amides is 1. The SMILES string of the molecule is C[C@@H](NC(=O)COC(=O)/C=C/c1ccc(F)cc1)c1ccco1. The van der Waals surface area contributed by atoms with Crippen LogP contribution < -0.4 is 5.32 Å². The van der Waals surface area contributed by atoms with Crippen LogP contribution in [0.25, 0.3) is 6.08 Å². The van der Waals surface area contributed by atoms with Crippen LogP contribution in [-0.2, 0) is 14.3 Å². The van der Waals surface area contributed by atoms with Gasteiger partial charge in [0.05, 0.1) is 12.3 Å². The number of ether oxygens (including phenoxy) is 1. The Morgan fingerprint density at radius 2 is 2.04 bits per heavy atom. The summed E-state index contributed by atoms with van der Waals surface area (Å²) in [5, 5.41) is 2.64. The first-order valence-corrected chi connectivity index (χ1v) is 6.98. The molecule has 1 N–H and O–H groups in total. The maximum Gasteiger partial charge on any atom is 0.331 e. The topological polar surface area (TPSA) is 68.5 Å². The third kappa shape index (κ3) is 5.43. The maximum absolute atomic E-state index is 12.7. The molecule has 0 fully saturated rings. The molecular weight excluding hydrogens is 301 g/mol. The van der Waals surface area contributed by atoms with Crippen molar-refractivity contribution in [2.45, 2.75) is 13.0 Å². The fraction of sp³-hybridized carbons (Fsp3) is 0.176. The van der Waals surface area contributed by atoms with Crippen molar-refractivity contribution in [3.63, 3.8) is 0 Å². The van der Waals surface area contributed by atoms with Crippen molar-refractivity contribution in [1.82, 2.24) is 5.32 Å². The number of benzene rings is 1. The van der Waals surface area contributed by atoms with Crippen molar-refractivity contribution in [2.24, 2.45) is 0 Å². The summed E-state index contributed by atoms with van der Waals surface area (Å²) in [5.74, 6) is -0.833. The summed E-state index contributed by atoms with van der Waals surface area (Å²) in [5.41, 5.74) is 0.652. The largest absolute Gasteiger partial charge is 0.467 e. The van der Waals surface area contributed by atoms with Gasteiger partial charge in [0.15, 0.2) is 6.61 Å². The third-order valence-electron chi connectivity index (χ3n) is 2.97. The number of carbonyl (C=O) groups excluding carboxylic acids is 2. The monoisotopic (exact) mass is 317 g/mol. The summed E-state index contributed by atoms with van der Waals surface area (Å²) in [6.45, 7) is 1.37. The Morgan fingerprint density at radius 3 is 2.70 bits per heavy atom. The molecule has 0 saturated carbocycles. The van der Waals surface area contributed by atoms with Gasteiger partial charge in [-0.15, -0.1) is 0 Å². The average Bonchev–Trinajstić information content (AvgIpc) is 3.07. The lowest BCUT2D eigenvalue weighted by Gasteiger charge is -2.11. The third-order valence-corrected chi connectivity index (χ3v) is 2.97. The van der Waals surface area contributed by atoms with Crippen molar-refractivity contribution in [1.29, 1.82) is 0 Å². The van der Waals surface area contributed by atoms with E-state index in [1.807, 2.05) is 0 Å². The molecule has 5 nitrogen and oxygen atoms in total. The lowest BCUT2D eigenvalue weighted by Crippen LogP contribution is -2.30. The Kier molecular flexibility index (Phi) is 5.68. The highest BCUT2D eigenvalue weighted by Gasteiger charge is 2.12. The number of halogens is 1. The first kappa shape index (κ1) is 16.5. The molecule has 1 aromatic heterocycles. The second-order valence-corrected chi connectivity index (χ2v) is 4.80. The number of furan rings is 1. The summed E-state index contributed by atoms with van der Waals surface area (Å²) in [4.78, 5) is 23.2. The molecule has 23 heavy (non-hydrogen) atoms. The Bertz CT molecular complexity index is 677. The van der Waals surface area contributed by atoms with Crippen LogP contribution in [0.5, 0.6) is 0 Å². The van der Waals surface area contributed by atoms with Gasteiger partial charge in [0.25, 0.3) is 5.91 Å². The van der Waals surface area contributed by atoms with E-state index in [1.165, 1.54) is 42.7 Å². The van der Waals surface area contributed by atoms with Gasteiger partial charge >= 0.3 is 5.97 Å². The first-order chi connectivity index (χ1) is 11.0. The molecule has 0 unspecified atom stereocenters. The van der Waals surface area contributed by atoms with Crippen LogP contribution in [0.1, 0.15) is 24.3 Å². The Labute approximate surface area is 132 Å². The average molecular weight is 317 g/mol. The van der Waals surface area contributed by atoms with Gasteiger partial charge < -0.3 is 14.5 Å². The fourth-order valence-electron chi connectivity index (χ4n) is 1.81. The molecule has 0 spiro atoms. The number of nitrogens with one attached hydrogen (secondary N) is 1. The van der Waals surface area contributed by atoms with Crippen molar-refractivity contribution in [2.75, 3.05) is 6.61 Å². The van der Waals surface area contributed by atoms with Crippen molar-refractivity contribution in [3.8, 4) is 0 Å². The zero-order valence-electron chi connectivity index (χ0n) is 12.5. The van der Waals surface area contributed by atoms with E-state index in [9.17, 15) is 14.0 Å². The number of rotatable bonds is 6. The molecule has 0 radical (unpaired) electrons. The summed E-state index contributed by atoms with van der Waals surface area (Å²) in [7, 11) is 0. The molecule has 0 bridgehead atoms. The molecule has 0 aliphatic heterocycles. The van der Waals surface area contributed by atoms with Gasteiger partial charge in [0.2, 0.25) is 0 Å². The molecule has 2 aromatic rings. The van der Waals surface area contributed by atoms with E-state index in [4.69, 9.17) is 9.15 Å². The van der Waals surface area contributed by atoms with Gasteiger partial charge in [0, 0.05) is 6.08 Å². The lowest BCUT2D eigenvalue weighted by atomic mass is 10.2. The predicted octanol–water partition coefficient (Wildman–Crippen LogP) is 2.85. The minimum absolute atomic E-state index is 0.314. The minimum atomic E-state index is -0.657. The predicted molar refractivity (Wildman–Crippen MR) is 81.7 cm³/mol. The van der Waals surface area contributed by atoms with Gasteiger partial charge in [-0.2, -0.15) is 0 Å². The Balaban J connectivity index is 1.75. The van der Waals surface area contributed by atoms with Crippen LogP contribution in [0.2, 0.25) is 0 Å². The van der Waals surface area contributed by atoms with Crippen LogP contribution in [0.15, 0.2) is 53.2 Å². The van der Waals surface area contributed by atoms with E-state index >= 15 is 0 Å². The summed E-state index contributed by atoms with van der Waals surface area (Å²) < 4.78 is 22.7. The Hall–Kier alpha value is -2.89. The van der Waals surface area contributed by atoms with Gasteiger partial charge in [-0.3, -0.25) is 4.79 Å². The zero-order chi connectivity index (χ0) is 16.7. The molecule has 6 heteroatoms. The summed E-state index contributed by atoms with van der Waals surface area (Å²) in [6.07, 6.45) is 4.17. The van der Waals surface area contributed by atoms with E-state index in [2.05, 4.69) is 5.32 Å². The summed E-state index contributed by atoms with van der Waals surface area (Å²) >= 11 is 0. The highest BCUT2D eigenvalue weighted by molar-refractivity contribution is 5.89. The summed E-state index contributed by atoms with van der Waals surface area (Å²) in [6, 6.07) is 8.77. The molecule has 1 atom stereocenters. The van der Waals surface area contributed by atoms with Gasteiger partial charge in [-0.05, 0) is 42.8 Å². The van der Waals surface area contributed by atoms with Gasteiger partial charge in [-0.1, -0.05) is 12.1 Å². The van der Waals surface area contributed by atoms with Crippen LogP contribution in [0.3, 0.4) is 0 Å². The van der Waals surface area contributed by atoms with E-state index in [0.717, 1.165) is 0 Å². The highest BCUT2D eigenvalue weighted by Crippen LogP contribution is 2.11. The zero-order valence-corrected chi connectivity index (χ0v) is 12.5. The number of hydrogen-bond donors (Lipinski definition) is 1. The van der Waals surface area contributed by atoms with E-state index < -0.39 is 18.5 Å². The van der Waals surface area contributed by atoms with Crippen LogP contribution in [0.4, 0.5) is 4.39 Å². The molecule has 1 aromatic carbocycles. The maximum atomic E-state index is 12.7. The lowest BCUT2D eigenvalue weighted by molar-refractivity contribution is -0.144. The minimum Gasteiger partial charge on any atom is -0.467 e. The van der Waals surface area contributed by atoms with Crippen molar-refractivity contribution < 1.29 is 23.1 Å².